The number of anilines is 1. The van der Waals surface area contributed by atoms with Crippen molar-refractivity contribution < 1.29 is 31.9 Å². The largest absolute Gasteiger partial charge is 0.478 e. The predicted molar refractivity (Wildman–Crippen MR) is 190 cm³/mol. The van der Waals surface area contributed by atoms with Gasteiger partial charge in [-0.2, -0.15) is 4.98 Å². The van der Waals surface area contributed by atoms with E-state index in [1.807, 2.05) is 38.1 Å². The molecule has 3 N–H and O–H groups in total. The average Bonchev–Trinajstić information content (AvgIpc) is 3.97. The molecular formula is C38H40FN5O6S. The highest BCUT2D eigenvalue weighted by molar-refractivity contribution is 7.92. The molecule has 266 valence electrons. The molecule has 2 aliphatic carbocycles. The lowest BCUT2D eigenvalue weighted by Crippen LogP contribution is -2.36. The van der Waals surface area contributed by atoms with Gasteiger partial charge in [0.1, 0.15) is 23.7 Å². The summed E-state index contributed by atoms with van der Waals surface area (Å²) in [6, 6.07) is 15.6. The molecule has 1 atom stereocenters. The lowest BCUT2D eigenvalue weighted by atomic mass is 9.99. The van der Waals surface area contributed by atoms with Gasteiger partial charge in [0.05, 0.1) is 21.8 Å². The fourth-order valence-corrected chi connectivity index (χ4v) is 7.32. The second-order valence-corrected chi connectivity index (χ2v) is 16.2. The number of hydrogen-bond acceptors (Lipinski definition) is 9. The van der Waals surface area contributed by atoms with Crippen LogP contribution in [-0.4, -0.2) is 47.1 Å². The van der Waals surface area contributed by atoms with E-state index in [1.165, 1.54) is 24.3 Å². The Morgan fingerprint density at radius 3 is 2.41 bits per heavy atom. The molecule has 3 heterocycles. The summed E-state index contributed by atoms with van der Waals surface area (Å²) in [5.41, 5.74) is 4.39. The molecule has 0 radical (unpaired) electrons. The van der Waals surface area contributed by atoms with E-state index in [4.69, 9.17) is 9.15 Å². The van der Waals surface area contributed by atoms with Crippen LogP contribution in [0.5, 0.6) is 5.88 Å². The van der Waals surface area contributed by atoms with Crippen molar-refractivity contribution in [1.82, 2.24) is 20.3 Å². The van der Waals surface area contributed by atoms with E-state index in [1.54, 1.807) is 6.07 Å². The van der Waals surface area contributed by atoms with E-state index in [0.29, 0.717) is 16.8 Å². The van der Waals surface area contributed by atoms with Crippen LogP contribution in [0.3, 0.4) is 0 Å². The fourth-order valence-electron chi connectivity index (χ4n) is 6.33. The first-order valence-electron chi connectivity index (χ1n) is 17.0. The predicted octanol–water partition coefficient (Wildman–Crippen LogP) is 7.32. The van der Waals surface area contributed by atoms with Crippen LogP contribution < -0.4 is 14.8 Å². The van der Waals surface area contributed by atoms with Crippen molar-refractivity contribution in [2.24, 2.45) is 5.41 Å². The van der Waals surface area contributed by atoms with Gasteiger partial charge in [-0.05, 0) is 80.7 Å². The van der Waals surface area contributed by atoms with Gasteiger partial charge in [0.2, 0.25) is 11.8 Å². The number of carbonyl (C=O) groups is 1. The Balaban J connectivity index is 1.15. The Morgan fingerprint density at radius 2 is 1.73 bits per heavy atom. The third-order valence-electron chi connectivity index (χ3n) is 10.0. The number of nitrogens with zero attached hydrogens (tertiary/aromatic N) is 3. The highest BCUT2D eigenvalue weighted by Gasteiger charge is 2.42. The summed E-state index contributed by atoms with van der Waals surface area (Å²) in [7, 11) is -4.27. The molecule has 1 unspecified atom stereocenters. The Labute approximate surface area is 295 Å². The number of nitrogens with one attached hydrogen (secondary N) is 2. The van der Waals surface area contributed by atoms with Gasteiger partial charge in [-0.25, -0.2) is 32.3 Å². The second-order valence-electron chi connectivity index (χ2n) is 14.5. The molecule has 2 fully saturated rings. The minimum Gasteiger partial charge on any atom is -0.478 e. The van der Waals surface area contributed by atoms with E-state index in [9.17, 15) is 18.3 Å². The van der Waals surface area contributed by atoms with E-state index >= 15 is 4.39 Å². The number of pyridine rings is 1. The van der Waals surface area contributed by atoms with Gasteiger partial charge in [0.25, 0.3) is 10.0 Å². The first-order chi connectivity index (χ1) is 24.2. The molecule has 2 aliphatic rings. The highest BCUT2D eigenvalue weighted by atomic mass is 32.2. The number of aromatic carboxylic acids is 1. The van der Waals surface area contributed by atoms with Crippen LogP contribution in [0.4, 0.5) is 10.3 Å². The number of halogens is 1. The maximum Gasteiger partial charge on any atom is 0.335 e. The summed E-state index contributed by atoms with van der Waals surface area (Å²) in [5, 5.41) is 12.8. The number of ether oxygens (including phenoxy) is 1. The third-order valence-corrected chi connectivity index (χ3v) is 11.3. The van der Waals surface area contributed by atoms with Crippen molar-refractivity contribution in [3.63, 3.8) is 0 Å². The molecule has 5 aromatic rings. The molecule has 0 bridgehead atoms. The molecule has 0 saturated heterocycles. The van der Waals surface area contributed by atoms with Crippen LogP contribution in [0, 0.1) is 25.1 Å². The summed E-state index contributed by atoms with van der Waals surface area (Å²) in [6.07, 6.45) is 4.98. The summed E-state index contributed by atoms with van der Waals surface area (Å²) >= 11 is 0. The van der Waals surface area contributed by atoms with Crippen LogP contribution >= 0.6 is 0 Å². The number of aryl methyl sites for hydroxylation is 2. The number of carboxylic acids is 1. The van der Waals surface area contributed by atoms with E-state index in [-0.39, 0.29) is 58.0 Å². The molecule has 11 nitrogen and oxygen atoms in total. The average molecular weight is 714 g/mol. The Bertz CT molecular complexity index is 2240. The van der Waals surface area contributed by atoms with Gasteiger partial charge in [-0.15, -0.1) is 0 Å². The SMILES string of the molecule is Cc1cccc(C)c1-c1cc(OCC(CC2(C)CC2)NCc2nc3cc(C4(C)CC4)oc3cc2F)nc(NS(=O)(=O)c2cccc(C(=O)O)c2)n1. The van der Waals surface area contributed by atoms with Crippen molar-refractivity contribution in [2.75, 3.05) is 11.3 Å². The number of fused-ring (bicyclic) bond motifs is 1. The molecule has 0 amide bonds. The molecule has 0 aliphatic heterocycles. The van der Waals surface area contributed by atoms with Gasteiger partial charge in [0.15, 0.2) is 5.58 Å². The molecule has 0 spiro atoms. The number of furan rings is 1. The zero-order valence-electron chi connectivity index (χ0n) is 28.9. The van der Waals surface area contributed by atoms with Gasteiger partial charge in [-0.3, -0.25) is 0 Å². The molecular weight excluding hydrogens is 674 g/mol. The van der Waals surface area contributed by atoms with E-state index in [2.05, 4.69) is 38.8 Å². The molecule has 51 heavy (non-hydrogen) atoms. The monoisotopic (exact) mass is 713 g/mol. The van der Waals surface area contributed by atoms with E-state index < -0.39 is 21.8 Å². The van der Waals surface area contributed by atoms with Gasteiger partial charge < -0.3 is 19.6 Å². The van der Waals surface area contributed by atoms with Crippen LogP contribution in [-0.2, 0) is 22.0 Å². The summed E-state index contributed by atoms with van der Waals surface area (Å²) < 4.78 is 56.7. The Hall–Kier alpha value is -4.88. The maximum atomic E-state index is 15.2. The van der Waals surface area contributed by atoms with Crippen LogP contribution in [0.15, 0.2) is 70.0 Å². The normalized spacial score (nSPS) is 16.5. The molecule has 13 heteroatoms. The number of carboxylic acid groups (broad SMARTS) is 1. The third kappa shape index (κ3) is 7.59. The number of hydrogen-bond donors (Lipinski definition) is 3. The minimum atomic E-state index is -4.27. The lowest BCUT2D eigenvalue weighted by molar-refractivity contribution is 0.0696. The van der Waals surface area contributed by atoms with Gasteiger partial charge >= 0.3 is 5.97 Å². The Morgan fingerprint density at radius 1 is 1.00 bits per heavy atom. The van der Waals surface area contributed by atoms with Gasteiger partial charge in [-0.1, -0.05) is 38.1 Å². The van der Waals surface area contributed by atoms with Gasteiger partial charge in [0, 0.05) is 41.8 Å². The first-order valence-corrected chi connectivity index (χ1v) is 18.5. The lowest BCUT2D eigenvalue weighted by Gasteiger charge is -2.22. The van der Waals surface area contributed by atoms with Crippen molar-refractivity contribution >= 4 is 33.0 Å². The second kappa shape index (κ2) is 13.0. The minimum absolute atomic E-state index is 0.00148. The molecule has 2 saturated carbocycles. The van der Waals surface area contributed by atoms with Crippen molar-refractivity contribution in [3.8, 4) is 17.1 Å². The van der Waals surface area contributed by atoms with Crippen LogP contribution in [0.2, 0.25) is 0 Å². The highest BCUT2D eigenvalue weighted by Crippen LogP contribution is 2.49. The quantitative estimate of drug-likeness (QED) is 0.107. The molecule has 3 aromatic heterocycles. The van der Waals surface area contributed by atoms with Crippen molar-refractivity contribution in [3.05, 3.63) is 94.6 Å². The zero-order valence-corrected chi connectivity index (χ0v) is 29.7. The van der Waals surface area contributed by atoms with E-state index in [0.717, 1.165) is 60.6 Å². The number of rotatable bonds is 14. The number of sulfonamides is 1. The van der Waals surface area contributed by atoms with Crippen molar-refractivity contribution in [1.29, 1.82) is 0 Å². The smallest absolute Gasteiger partial charge is 0.335 e. The fraction of sp³-hybridized carbons (Fsp3) is 0.368. The molecule has 7 rings (SSSR count). The summed E-state index contributed by atoms with van der Waals surface area (Å²) in [5.74, 6) is -0.963. The maximum absolute atomic E-state index is 15.2. The molecule has 2 aromatic carbocycles. The summed E-state index contributed by atoms with van der Waals surface area (Å²) in [6.45, 7) is 8.53. The Kier molecular flexibility index (Phi) is 8.83. The number of aromatic nitrogens is 3. The first kappa shape index (κ1) is 34.6. The standard InChI is InChI=1S/C38H40FN5O6S/c1-22-7-5-8-23(2)34(22)29-18-33(43-36(42-29)44-51(47,48)26-10-6-9-24(15-26)35(45)46)49-21-25(19-37(3)11-12-37)40-20-30-27(39)16-31-28(41-30)17-32(50-31)38(4)13-14-38/h5-10,15-18,25,40H,11-14,19-21H2,1-4H3,(H,45,46)(H,42,43,44). The zero-order chi connectivity index (χ0) is 36.1. The topological polar surface area (TPSA) is 157 Å². The van der Waals surface area contributed by atoms with Crippen molar-refractivity contribution in [2.45, 2.75) is 82.7 Å². The van der Waals surface area contributed by atoms with Crippen LogP contribution in [0.25, 0.3) is 22.4 Å². The summed E-state index contributed by atoms with van der Waals surface area (Å²) in [4.78, 5) is 24.8. The van der Waals surface area contributed by atoms with Crippen LogP contribution in [0.1, 0.15) is 78.9 Å². The number of benzene rings is 2.